The maximum Gasteiger partial charge on any atom is 0.435 e. The third kappa shape index (κ3) is 4.70. The van der Waals surface area contributed by atoms with Crippen LogP contribution in [0.2, 0.25) is 0 Å². The number of carbonyl (C=O) groups is 4. The molecule has 1 saturated carbocycles. The van der Waals surface area contributed by atoms with Crippen LogP contribution in [0.3, 0.4) is 0 Å². The highest BCUT2D eigenvalue weighted by atomic mass is 19.4. The van der Waals surface area contributed by atoms with Gasteiger partial charge >= 0.3 is 12.3 Å². The second-order valence-electron chi connectivity index (χ2n) is 9.62. The Morgan fingerprint density at radius 3 is 2.63 bits per heavy atom. The molecule has 2 aromatic rings. The number of alkyl halides is 3. The smallest absolute Gasteiger partial charge is 0.435 e. The third-order valence-corrected chi connectivity index (χ3v) is 7.03. The van der Waals surface area contributed by atoms with Crippen molar-refractivity contribution >= 4 is 23.8 Å². The maximum atomic E-state index is 15.2. The molecule has 10 nitrogen and oxygen atoms in total. The van der Waals surface area contributed by atoms with Crippen LogP contribution in [-0.4, -0.2) is 50.6 Å². The van der Waals surface area contributed by atoms with E-state index in [0.29, 0.717) is 5.56 Å². The van der Waals surface area contributed by atoms with Gasteiger partial charge in [-0.1, -0.05) is 12.1 Å². The van der Waals surface area contributed by atoms with Crippen LogP contribution in [0.5, 0.6) is 0 Å². The minimum Gasteiger partial charge on any atom is -0.446 e. The number of ether oxygens (including phenoxy) is 1. The van der Waals surface area contributed by atoms with Gasteiger partial charge in [0.05, 0.1) is 11.6 Å². The Bertz CT molecular complexity index is 1330. The Balaban J connectivity index is 1.14. The minimum absolute atomic E-state index is 0.00898. The number of halogens is 4. The van der Waals surface area contributed by atoms with Crippen LogP contribution >= 0.6 is 0 Å². The van der Waals surface area contributed by atoms with Gasteiger partial charge in [0.25, 0.3) is 5.91 Å². The molecular formula is C24H23F4N5O5. The number of hydrogen-bond donors (Lipinski definition) is 2. The summed E-state index contributed by atoms with van der Waals surface area (Å²) in [5.74, 6) is -2.51. The number of hydrogen-bond acceptors (Lipinski definition) is 6. The lowest BCUT2D eigenvalue weighted by Crippen LogP contribution is -2.52. The van der Waals surface area contributed by atoms with Gasteiger partial charge in [0, 0.05) is 44.1 Å². The molecule has 3 heterocycles. The molecule has 1 saturated heterocycles. The molecule has 1 aromatic heterocycles. The molecule has 0 bridgehead atoms. The van der Waals surface area contributed by atoms with Crippen molar-refractivity contribution in [1.82, 2.24) is 25.3 Å². The quantitative estimate of drug-likeness (QED) is 0.447. The van der Waals surface area contributed by atoms with Gasteiger partial charge in [0.1, 0.15) is 18.0 Å². The number of benzene rings is 1. The van der Waals surface area contributed by atoms with Crippen LogP contribution in [0.25, 0.3) is 0 Å². The Labute approximate surface area is 213 Å². The predicted molar refractivity (Wildman–Crippen MR) is 120 cm³/mol. The first kappa shape index (κ1) is 25.7. The molecular weight excluding hydrogens is 514 g/mol. The van der Waals surface area contributed by atoms with E-state index in [1.807, 2.05) is 0 Å². The first-order valence-electron chi connectivity index (χ1n) is 11.9. The van der Waals surface area contributed by atoms with E-state index in [-0.39, 0.29) is 61.5 Å². The van der Waals surface area contributed by atoms with E-state index >= 15 is 4.39 Å². The van der Waals surface area contributed by atoms with E-state index < -0.39 is 53.6 Å². The number of nitrogens with one attached hydrogen (secondary N) is 2. The van der Waals surface area contributed by atoms with Crippen molar-refractivity contribution in [3.8, 4) is 0 Å². The van der Waals surface area contributed by atoms with Gasteiger partial charge < -0.3 is 15.0 Å². The zero-order valence-electron chi connectivity index (χ0n) is 20.1. The number of aryl methyl sites for hydroxylation is 1. The molecule has 5 rings (SSSR count). The van der Waals surface area contributed by atoms with E-state index in [0.717, 1.165) is 0 Å². The van der Waals surface area contributed by atoms with E-state index in [9.17, 15) is 32.3 Å². The topological polar surface area (TPSA) is 123 Å². The fourth-order valence-corrected chi connectivity index (χ4v) is 4.95. The molecule has 1 aromatic carbocycles. The molecule has 3 aliphatic rings. The van der Waals surface area contributed by atoms with Crippen LogP contribution in [0.1, 0.15) is 64.5 Å². The van der Waals surface area contributed by atoms with Crippen molar-refractivity contribution in [1.29, 1.82) is 0 Å². The predicted octanol–water partition coefficient (Wildman–Crippen LogP) is 2.74. The van der Waals surface area contributed by atoms with Crippen molar-refractivity contribution in [2.24, 2.45) is 0 Å². The summed E-state index contributed by atoms with van der Waals surface area (Å²) in [7, 11) is 0. The van der Waals surface area contributed by atoms with Gasteiger partial charge in [-0.25, -0.2) is 9.18 Å². The van der Waals surface area contributed by atoms with Gasteiger partial charge in [-0.15, -0.1) is 0 Å². The number of aromatic nitrogens is 2. The first-order chi connectivity index (χ1) is 17.9. The normalized spacial score (nSPS) is 23.1. The number of nitrogens with zero attached hydrogens (tertiary/aromatic N) is 3. The lowest BCUT2D eigenvalue weighted by molar-refractivity contribution is -0.142. The van der Waals surface area contributed by atoms with Crippen LogP contribution in [0.15, 0.2) is 18.3 Å². The van der Waals surface area contributed by atoms with Crippen LogP contribution in [0, 0.1) is 12.7 Å². The number of imide groups is 1. The third-order valence-electron chi connectivity index (χ3n) is 7.03. The number of rotatable bonds is 5. The fourth-order valence-electron chi connectivity index (χ4n) is 4.95. The van der Waals surface area contributed by atoms with Gasteiger partial charge in [0.15, 0.2) is 5.69 Å². The zero-order chi connectivity index (χ0) is 27.4. The minimum atomic E-state index is -4.55. The van der Waals surface area contributed by atoms with E-state index in [4.69, 9.17) is 4.74 Å². The monoisotopic (exact) mass is 537 g/mol. The van der Waals surface area contributed by atoms with E-state index in [1.54, 1.807) is 6.07 Å². The van der Waals surface area contributed by atoms with Crippen LogP contribution < -0.4 is 10.6 Å². The number of piperidine rings is 1. The molecule has 202 valence electrons. The fraction of sp³-hybridized carbons (Fsp3) is 0.458. The van der Waals surface area contributed by atoms with Gasteiger partial charge in [0.2, 0.25) is 11.8 Å². The van der Waals surface area contributed by atoms with Gasteiger partial charge in [-0.2, -0.15) is 18.3 Å². The molecule has 0 spiro atoms. The SMILES string of the molecule is Cc1cn(C2CC(OC(=O)NCc3ccc4c(c3F)C(=O)N([C@H]3CCC(=O)NC3=O)C4)C2)nc1C(F)(F)F. The standard InChI is InChI=1S/C24H23F4N5O5/c1-11-9-33(31-20(11)24(26,27)28)14-6-15(7-14)38-23(37)29-8-12-2-3-13-10-32(22(36)18(13)19(12)25)16-4-5-17(34)30-21(16)35/h2-3,9,14-16H,4-8,10H2,1H3,(H,29,37)(H,30,34,35)/t14?,15?,16-/m0/s1. The number of fused-ring (bicyclic) bond motifs is 1. The van der Waals surface area contributed by atoms with Crippen LogP contribution in [-0.2, 0) is 33.6 Å². The maximum absolute atomic E-state index is 15.2. The summed E-state index contributed by atoms with van der Waals surface area (Å²) in [6.45, 7) is 1.08. The summed E-state index contributed by atoms with van der Waals surface area (Å²) < 4.78 is 60.5. The second-order valence-corrected chi connectivity index (χ2v) is 9.62. The average Bonchev–Trinajstić information content (AvgIpc) is 3.36. The largest absolute Gasteiger partial charge is 0.446 e. The number of carbonyl (C=O) groups excluding carboxylic acids is 4. The summed E-state index contributed by atoms with van der Waals surface area (Å²) >= 11 is 0. The molecule has 2 aliphatic heterocycles. The Morgan fingerprint density at radius 2 is 1.97 bits per heavy atom. The molecule has 2 N–H and O–H groups in total. The van der Waals surface area contributed by atoms with Crippen molar-refractivity contribution in [3.63, 3.8) is 0 Å². The molecule has 1 aliphatic carbocycles. The summed E-state index contributed by atoms with van der Waals surface area (Å²) in [5.41, 5.74) is -0.690. The first-order valence-corrected chi connectivity index (χ1v) is 11.9. The summed E-state index contributed by atoms with van der Waals surface area (Å²) in [6, 6.07) is 1.76. The van der Waals surface area contributed by atoms with Crippen molar-refractivity contribution in [3.05, 3.63) is 52.1 Å². The molecule has 38 heavy (non-hydrogen) atoms. The second kappa shape index (κ2) is 9.40. The Kier molecular flexibility index (Phi) is 6.35. The molecule has 0 unspecified atom stereocenters. The average molecular weight is 537 g/mol. The molecule has 4 amide bonds. The number of amides is 4. The highest BCUT2D eigenvalue weighted by Gasteiger charge is 2.41. The lowest BCUT2D eigenvalue weighted by atomic mass is 9.89. The van der Waals surface area contributed by atoms with Crippen LogP contribution in [0.4, 0.5) is 22.4 Å². The van der Waals surface area contributed by atoms with E-state index in [2.05, 4.69) is 15.7 Å². The Hall–Kier alpha value is -3.97. The van der Waals surface area contributed by atoms with Gasteiger partial charge in [-0.3, -0.25) is 24.4 Å². The van der Waals surface area contributed by atoms with Crippen molar-refractivity contribution < 1.29 is 41.5 Å². The van der Waals surface area contributed by atoms with Crippen molar-refractivity contribution in [2.45, 2.75) is 70.1 Å². The number of alkyl carbamates (subject to hydrolysis) is 1. The lowest BCUT2D eigenvalue weighted by Gasteiger charge is -2.34. The summed E-state index contributed by atoms with van der Waals surface area (Å²) in [5, 5.41) is 8.21. The molecule has 1 atom stereocenters. The molecule has 14 heteroatoms. The van der Waals surface area contributed by atoms with Crippen molar-refractivity contribution in [2.75, 3.05) is 0 Å². The molecule has 2 fully saturated rings. The summed E-state index contributed by atoms with van der Waals surface area (Å²) in [4.78, 5) is 49.9. The van der Waals surface area contributed by atoms with Gasteiger partial charge in [-0.05, 0) is 24.5 Å². The Morgan fingerprint density at radius 1 is 1.24 bits per heavy atom. The highest BCUT2D eigenvalue weighted by Crippen LogP contribution is 2.37. The summed E-state index contributed by atoms with van der Waals surface area (Å²) in [6.07, 6.45) is -3.82. The zero-order valence-corrected chi connectivity index (χ0v) is 20.1. The highest BCUT2D eigenvalue weighted by molar-refractivity contribution is 6.05. The van der Waals surface area contributed by atoms with E-state index in [1.165, 1.54) is 28.8 Å². The molecule has 0 radical (unpaired) electrons.